The van der Waals surface area contributed by atoms with E-state index in [1.54, 1.807) is 25.1 Å². The fraction of sp³-hybridized carbons (Fsp3) is 0.111. The Balaban J connectivity index is 2.95. The maximum atomic E-state index is 11.5. The Bertz CT molecular complexity index is 518. The molecular weight excluding hydrogens is 188 g/mol. The highest BCUT2D eigenvalue weighted by Crippen LogP contribution is 2.13. The molecular formula is C9H7ClN2O. The van der Waals surface area contributed by atoms with E-state index in [1.807, 2.05) is 0 Å². The van der Waals surface area contributed by atoms with Crippen molar-refractivity contribution in [2.45, 2.75) is 6.92 Å². The molecule has 0 radical (unpaired) electrons. The van der Waals surface area contributed by atoms with Crippen LogP contribution in [0.5, 0.6) is 0 Å². The number of aromatic amines is 1. The molecule has 1 aromatic carbocycles. The van der Waals surface area contributed by atoms with Crippen LogP contribution in [0.25, 0.3) is 10.9 Å². The van der Waals surface area contributed by atoms with Gasteiger partial charge in [-0.25, -0.2) is 0 Å². The number of nitrogens with zero attached hydrogens (tertiary/aromatic N) is 1. The average molecular weight is 195 g/mol. The van der Waals surface area contributed by atoms with Crippen molar-refractivity contribution in [1.82, 2.24) is 10.2 Å². The van der Waals surface area contributed by atoms with E-state index in [4.69, 9.17) is 11.6 Å². The molecule has 0 aliphatic rings. The Kier molecular flexibility index (Phi) is 1.81. The van der Waals surface area contributed by atoms with Gasteiger partial charge in [0, 0.05) is 10.4 Å². The molecule has 0 atom stereocenters. The molecule has 0 saturated heterocycles. The zero-order valence-corrected chi connectivity index (χ0v) is 7.72. The molecule has 0 bridgehead atoms. The van der Waals surface area contributed by atoms with E-state index >= 15 is 0 Å². The average Bonchev–Trinajstić information content (AvgIpc) is 2.12. The molecule has 0 spiro atoms. The SMILES string of the molecule is Cc1n[nH]c2cc(Cl)ccc2c1=O. The zero-order valence-electron chi connectivity index (χ0n) is 6.97. The second-order valence-electron chi connectivity index (χ2n) is 2.83. The molecule has 66 valence electrons. The number of halogens is 1. The van der Waals surface area contributed by atoms with Gasteiger partial charge < -0.3 is 0 Å². The van der Waals surface area contributed by atoms with E-state index in [1.165, 1.54) is 0 Å². The van der Waals surface area contributed by atoms with Crippen LogP contribution in [0.2, 0.25) is 5.02 Å². The Morgan fingerprint density at radius 2 is 2.23 bits per heavy atom. The van der Waals surface area contributed by atoms with Gasteiger partial charge in [-0.2, -0.15) is 5.10 Å². The molecule has 1 N–H and O–H groups in total. The summed E-state index contributed by atoms with van der Waals surface area (Å²) < 4.78 is 0. The molecule has 13 heavy (non-hydrogen) atoms. The Morgan fingerprint density at radius 1 is 1.46 bits per heavy atom. The minimum absolute atomic E-state index is 0.0505. The van der Waals surface area contributed by atoms with Crippen molar-refractivity contribution in [3.63, 3.8) is 0 Å². The summed E-state index contributed by atoms with van der Waals surface area (Å²) in [7, 11) is 0. The second kappa shape index (κ2) is 2.85. The van der Waals surface area contributed by atoms with E-state index in [0.717, 1.165) is 0 Å². The predicted molar refractivity (Wildman–Crippen MR) is 52.1 cm³/mol. The fourth-order valence-corrected chi connectivity index (χ4v) is 1.37. The molecule has 1 aromatic heterocycles. The third-order valence-corrected chi connectivity index (χ3v) is 2.13. The van der Waals surface area contributed by atoms with Crippen LogP contribution in [0.4, 0.5) is 0 Å². The third-order valence-electron chi connectivity index (χ3n) is 1.90. The lowest BCUT2D eigenvalue weighted by atomic mass is 10.2. The van der Waals surface area contributed by atoms with Crippen LogP contribution in [0.3, 0.4) is 0 Å². The van der Waals surface area contributed by atoms with Crippen molar-refractivity contribution in [2.75, 3.05) is 0 Å². The number of benzene rings is 1. The van der Waals surface area contributed by atoms with Crippen molar-refractivity contribution in [3.8, 4) is 0 Å². The van der Waals surface area contributed by atoms with E-state index in [-0.39, 0.29) is 5.43 Å². The van der Waals surface area contributed by atoms with E-state index in [2.05, 4.69) is 10.2 Å². The highest BCUT2D eigenvalue weighted by molar-refractivity contribution is 6.31. The van der Waals surface area contributed by atoms with Gasteiger partial charge in [-0.1, -0.05) is 11.6 Å². The van der Waals surface area contributed by atoms with Gasteiger partial charge in [0.05, 0.1) is 5.52 Å². The number of rotatable bonds is 0. The van der Waals surface area contributed by atoms with Crippen molar-refractivity contribution in [3.05, 3.63) is 39.1 Å². The first-order valence-corrected chi connectivity index (χ1v) is 4.21. The van der Waals surface area contributed by atoms with Crippen molar-refractivity contribution in [2.24, 2.45) is 0 Å². The maximum absolute atomic E-state index is 11.5. The summed E-state index contributed by atoms with van der Waals surface area (Å²) in [6, 6.07) is 5.08. The van der Waals surface area contributed by atoms with Gasteiger partial charge in [-0.3, -0.25) is 9.89 Å². The molecule has 4 heteroatoms. The first-order valence-electron chi connectivity index (χ1n) is 3.83. The van der Waals surface area contributed by atoms with Gasteiger partial charge in [0.15, 0.2) is 0 Å². The summed E-state index contributed by atoms with van der Waals surface area (Å²) in [4.78, 5) is 11.5. The largest absolute Gasteiger partial charge is 0.287 e. The number of aryl methyl sites for hydroxylation is 1. The van der Waals surface area contributed by atoms with Crippen LogP contribution < -0.4 is 5.43 Å². The lowest BCUT2D eigenvalue weighted by molar-refractivity contribution is 1.00. The molecule has 2 aromatic rings. The predicted octanol–water partition coefficient (Wildman–Crippen LogP) is 1.88. The molecule has 0 saturated carbocycles. The van der Waals surface area contributed by atoms with Gasteiger partial charge in [0.1, 0.15) is 5.69 Å². The molecule has 0 aliphatic heterocycles. The highest BCUT2D eigenvalue weighted by atomic mass is 35.5. The summed E-state index contributed by atoms with van der Waals surface area (Å²) in [5, 5.41) is 7.83. The van der Waals surface area contributed by atoms with E-state index in [9.17, 15) is 4.79 Å². The van der Waals surface area contributed by atoms with Gasteiger partial charge in [-0.05, 0) is 25.1 Å². The monoisotopic (exact) mass is 194 g/mol. The van der Waals surface area contributed by atoms with Crippen molar-refractivity contribution < 1.29 is 0 Å². The van der Waals surface area contributed by atoms with Gasteiger partial charge in [0.25, 0.3) is 0 Å². The topological polar surface area (TPSA) is 45.8 Å². The number of hydrogen-bond acceptors (Lipinski definition) is 2. The van der Waals surface area contributed by atoms with Crippen LogP contribution in [0.15, 0.2) is 23.0 Å². The maximum Gasteiger partial charge on any atom is 0.210 e. The summed E-state index contributed by atoms with van der Waals surface area (Å²) >= 11 is 5.76. The third kappa shape index (κ3) is 1.31. The molecule has 0 aliphatic carbocycles. The van der Waals surface area contributed by atoms with E-state index in [0.29, 0.717) is 21.6 Å². The molecule has 3 nitrogen and oxygen atoms in total. The molecule has 0 fully saturated rings. The molecule has 0 unspecified atom stereocenters. The number of aromatic nitrogens is 2. The highest BCUT2D eigenvalue weighted by Gasteiger charge is 2.02. The quantitative estimate of drug-likeness (QED) is 0.696. The van der Waals surface area contributed by atoms with Crippen molar-refractivity contribution >= 4 is 22.5 Å². The normalized spacial score (nSPS) is 10.6. The van der Waals surface area contributed by atoms with Crippen LogP contribution in [0, 0.1) is 6.92 Å². The lowest BCUT2D eigenvalue weighted by Crippen LogP contribution is -2.09. The first-order chi connectivity index (χ1) is 6.18. The van der Waals surface area contributed by atoms with Gasteiger partial charge in [-0.15, -0.1) is 0 Å². The minimum atomic E-state index is -0.0505. The number of H-pyrrole nitrogens is 1. The summed E-state index contributed by atoms with van der Waals surface area (Å²) in [5.41, 5.74) is 1.09. The molecule has 1 heterocycles. The Hall–Kier alpha value is -1.35. The number of nitrogens with one attached hydrogen (secondary N) is 1. The summed E-state index contributed by atoms with van der Waals surface area (Å²) in [5.74, 6) is 0. The van der Waals surface area contributed by atoms with Crippen LogP contribution in [0.1, 0.15) is 5.69 Å². The smallest absolute Gasteiger partial charge is 0.210 e. The summed E-state index contributed by atoms with van der Waals surface area (Å²) in [6.45, 7) is 1.67. The Morgan fingerprint density at radius 3 is 3.00 bits per heavy atom. The lowest BCUT2D eigenvalue weighted by Gasteiger charge is -1.97. The van der Waals surface area contributed by atoms with Crippen LogP contribution in [-0.4, -0.2) is 10.2 Å². The van der Waals surface area contributed by atoms with Gasteiger partial charge in [0.2, 0.25) is 5.43 Å². The summed E-state index contributed by atoms with van der Waals surface area (Å²) in [6.07, 6.45) is 0. The molecule has 0 amide bonds. The number of fused-ring (bicyclic) bond motifs is 1. The van der Waals surface area contributed by atoms with E-state index < -0.39 is 0 Å². The fourth-order valence-electron chi connectivity index (χ4n) is 1.20. The Labute approximate surface area is 79.4 Å². The van der Waals surface area contributed by atoms with Crippen molar-refractivity contribution in [1.29, 1.82) is 0 Å². The zero-order chi connectivity index (χ0) is 9.42. The van der Waals surface area contributed by atoms with Crippen LogP contribution in [-0.2, 0) is 0 Å². The van der Waals surface area contributed by atoms with Crippen LogP contribution >= 0.6 is 11.6 Å². The second-order valence-corrected chi connectivity index (χ2v) is 3.26. The molecule has 2 rings (SSSR count). The number of hydrogen-bond donors (Lipinski definition) is 1. The minimum Gasteiger partial charge on any atom is -0.287 e. The standard InChI is InChI=1S/C9H7ClN2O/c1-5-9(13)7-3-2-6(10)4-8(7)12-11-5/h2-4H,1H3,(H,12,13). The first kappa shape index (κ1) is 8.26. The van der Waals surface area contributed by atoms with Gasteiger partial charge >= 0.3 is 0 Å².